The van der Waals surface area contributed by atoms with Crippen molar-refractivity contribution in [2.45, 2.75) is 52.5 Å². The second-order valence-corrected chi connectivity index (χ2v) is 5.95. The van der Waals surface area contributed by atoms with Gasteiger partial charge in [-0.3, -0.25) is 0 Å². The number of nitrogens with zero attached hydrogens (tertiary/aromatic N) is 2. The van der Waals surface area contributed by atoms with Crippen molar-refractivity contribution in [3.05, 3.63) is 11.9 Å². The molecule has 4 heteroatoms. The lowest BCUT2D eigenvalue weighted by Gasteiger charge is -2.15. The summed E-state index contributed by atoms with van der Waals surface area (Å²) in [7, 11) is 0. The average Bonchev–Trinajstić information content (AvgIpc) is 2.97. The van der Waals surface area contributed by atoms with Gasteiger partial charge in [0.25, 0.3) is 0 Å². The van der Waals surface area contributed by atoms with Gasteiger partial charge in [0.1, 0.15) is 0 Å². The van der Waals surface area contributed by atoms with Crippen LogP contribution < -0.4 is 5.32 Å². The third-order valence-corrected chi connectivity index (χ3v) is 3.55. The topological polar surface area (TPSA) is 39.1 Å². The van der Waals surface area contributed by atoms with E-state index in [1.165, 1.54) is 25.7 Å². The Labute approximate surface area is 116 Å². The molecule has 0 bridgehead atoms. The van der Waals surface area contributed by atoms with Gasteiger partial charge in [0.05, 0.1) is 12.3 Å². The van der Waals surface area contributed by atoms with E-state index in [4.69, 9.17) is 4.74 Å². The van der Waals surface area contributed by atoms with Gasteiger partial charge in [-0.1, -0.05) is 26.7 Å². The molecule has 1 aliphatic carbocycles. The van der Waals surface area contributed by atoms with Crippen LogP contribution in [0.3, 0.4) is 0 Å². The molecule has 0 spiro atoms. The minimum atomic E-state index is 0.600. The van der Waals surface area contributed by atoms with Crippen molar-refractivity contribution in [2.75, 3.05) is 25.1 Å². The van der Waals surface area contributed by atoms with Crippen molar-refractivity contribution in [3.8, 4) is 0 Å². The predicted molar refractivity (Wildman–Crippen MR) is 78.6 cm³/mol. The molecule has 1 aromatic heterocycles. The SMILES string of the molecule is Cc1cn(C2CCCC2)c(NCCOCC(C)C)n1. The Morgan fingerprint density at radius 2 is 2.16 bits per heavy atom. The maximum atomic E-state index is 5.59. The highest BCUT2D eigenvalue weighted by Gasteiger charge is 2.19. The third-order valence-electron chi connectivity index (χ3n) is 3.55. The van der Waals surface area contributed by atoms with Gasteiger partial charge in [-0.25, -0.2) is 4.98 Å². The summed E-state index contributed by atoms with van der Waals surface area (Å²) >= 11 is 0. The van der Waals surface area contributed by atoms with Crippen LogP contribution in [0.2, 0.25) is 0 Å². The summed E-state index contributed by atoms with van der Waals surface area (Å²) in [5.41, 5.74) is 1.09. The van der Waals surface area contributed by atoms with E-state index in [-0.39, 0.29) is 0 Å². The molecule has 1 saturated carbocycles. The Hall–Kier alpha value is -1.03. The molecule has 0 saturated heterocycles. The molecule has 19 heavy (non-hydrogen) atoms. The summed E-state index contributed by atoms with van der Waals surface area (Å²) in [6, 6.07) is 0.639. The minimum Gasteiger partial charge on any atom is -0.379 e. The molecule has 1 aromatic rings. The van der Waals surface area contributed by atoms with Crippen LogP contribution in [0.15, 0.2) is 6.20 Å². The summed E-state index contributed by atoms with van der Waals surface area (Å²) < 4.78 is 7.91. The largest absolute Gasteiger partial charge is 0.379 e. The van der Waals surface area contributed by atoms with Crippen LogP contribution in [0.5, 0.6) is 0 Å². The first kappa shape index (κ1) is 14.4. The third kappa shape index (κ3) is 4.23. The molecule has 1 heterocycles. The van der Waals surface area contributed by atoms with Gasteiger partial charge < -0.3 is 14.6 Å². The Balaban J connectivity index is 1.82. The second-order valence-electron chi connectivity index (χ2n) is 5.95. The minimum absolute atomic E-state index is 0.600. The fraction of sp³-hybridized carbons (Fsp3) is 0.800. The molecule has 0 atom stereocenters. The number of nitrogens with one attached hydrogen (secondary N) is 1. The van der Waals surface area contributed by atoms with Crippen LogP contribution >= 0.6 is 0 Å². The van der Waals surface area contributed by atoms with E-state index in [0.717, 1.165) is 31.4 Å². The number of hydrogen-bond acceptors (Lipinski definition) is 3. The van der Waals surface area contributed by atoms with Crippen molar-refractivity contribution >= 4 is 5.95 Å². The van der Waals surface area contributed by atoms with E-state index >= 15 is 0 Å². The Morgan fingerprint density at radius 1 is 1.42 bits per heavy atom. The molecule has 108 valence electrons. The van der Waals surface area contributed by atoms with Gasteiger partial charge in [0, 0.05) is 25.4 Å². The van der Waals surface area contributed by atoms with Crippen LogP contribution in [0.4, 0.5) is 5.95 Å². The Morgan fingerprint density at radius 3 is 2.84 bits per heavy atom. The first-order valence-corrected chi connectivity index (χ1v) is 7.54. The van der Waals surface area contributed by atoms with E-state index in [0.29, 0.717) is 12.0 Å². The molecule has 4 nitrogen and oxygen atoms in total. The fourth-order valence-electron chi connectivity index (χ4n) is 2.66. The first-order chi connectivity index (χ1) is 9.16. The fourth-order valence-corrected chi connectivity index (χ4v) is 2.66. The highest BCUT2D eigenvalue weighted by Crippen LogP contribution is 2.31. The Kier molecular flexibility index (Phi) is 5.25. The summed E-state index contributed by atoms with van der Waals surface area (Å²) in [6.07, 6.45) is 7.44. The first-order valence-electron chi connectivity index (χ1n) is 7.54. The quantitative estimate of drug-likeness (QED) is 0.768. The molecule has 1 N–H and O–H groups in total. The number of rotatable bonds is 7. The van der Waals surface area contributed by atoms with Crippen molar-refractivity contribution in [1.82, 2.24) is 9.55 Å². The normalized spacial score (nSPS) is 16.4. The average molecular weight is 265 g/mol. The lowest BCUT2D eigenvalue weighted by molar-refractivity contribution is 0.118. The van der Waals surface area contributed by atoms with Crippen molar-refractivity contribution in [3.63, 3.8) is 0 Å². The highest BCUT2D eigenvalue weighted by molar-refractivity contribution is 5.29. The number of imidazole rings is 1. The molecule has 0 aliphatic heterocycles. The molecular weight excluding hydrogens is 238 g/mol. The number of hydrogen-bond donors (Lipinski definition) is 1. The zero-order valence-corrected chi connectivity index (χ0v) is 12.5. The van der Waals surface area contributed by atoms with Crippen LogP contribution in [0.25, 0.3) is 0 Å². The maximum absolute atomic E-state index is 5.59. The van der Waals surface area contributed by atoms with Gasteiger partial charge in [-0.2, -0.15) is 0 Å². The molecule has 0 amide bonds. The Bertz CT molecular complexity index is 381. The van der Waals surface area contributed by atoms with Gasteiger partial charge in [0.2, 0.25) is 5.95 Å². The van der Waals surface area contributed by atoms with Gasteiger partial charge >= 0.3 is 0 Å². The maximum Gasteiger partial charge on any atom is 0.203 e. The van der Waals surface area contributed by atoms with E-state index in [1.54, 1.807) is 0 Å². The molecule has 1 fully saturated rings. The van der Waals surface area contributed by atoms with E-state index in [2.05, 4.69) is 41.8 Å². The standard InChI is InChI=1S/C15H27N3O/c1-12(2)11-19-9-8-16-15-17-13(3)10-18(15)14-6-4-5-7-14/h10,12,14H,4-9,11H2,1-3H3,(H,16,17). The molecule has 0 unspecified atom stereocenters. The number of anilines is 1. The van der Waals surface area contributed by atoms with E-state index in [1.807, 2.05) is 0 Å². The molecule has 0 radical (unpaired) electrons. The number of ether oxygens (including phenoxy) is 1. The predicted octanol–water partition coefficient (Wildman–Crippen LogP) is 3.39. The van der Waals surface area contributed by atoms with Crippen LogP contribution in [-0.4, -0.2) is 29.3 Å². The molecule has 0 aromatic carbocycles. The van der Waals surface area contributed by atoms with Gasteiger partial charge in [-0.15, -0.1) is 0 Å². The molecular formula is C15H27N3O. The van der Waals surface area contributed by atoms with Crippen LogP contribution in [-0.2, 0) is 4.74 Å². The van der Waals surface area contributed by atoms with Crippen molar-refractivity contribution < 1.29 is 4.74 Å². The second kappa shape index (κ2) is 6.94. The van der Waals surface area contributed by atoms with Crippen LogP contribution in [0, 0.1) is 12.8 Å². The number of aromatic nitrogens is 2. The lowest BCUT2D eigenvalue weighted by atomic mass is 10.2. The van der Waals surface area contributed by atoms with Gasteiger partial charge in [0.15, 0.2) is 0 Å². The number of aryl methyl sites for hydroxylation is 1. The summed E-state index contributed by atoms with van der Waals surface area (Å²) in [6.45, 7) is 8.81. The lowest BCUT2D eigenvalue weighted by Crippen LogP contribution is -2.16. The summed E-state index contributed by atoms with van der Waals surface area (Å²) in [5.74, 6) is 1.61. The smallest absolute Gasteiger partial charge is 0.203 e. The summed E-state index contributed by atoms with van der Waals surface area (Å²) in [5, 5.41) is 3.41. The van der Waals surface area contributed by atoms with Crippen LogP contribution in [0.1, 0.15) is 51.3 Å². The molecule has 2 rings (SSSR count). The highest BCUT2D eigenvalue weighted by atomic mass is 16.5. The monoisotopic (exact) mass is 265 g/mol. The zero-order chi connectivity index (χ0) is 13.7. The van der Waals surface area contributed by atoms with E-state index in [9.17, 15) is 0 Å². The summed E-state index contributed by atoms with van der Waals surface area (Å²) in [4.78, 5) is 4.58. The van der Waals surface area contributed by atoms with Crippen molar-refractivity contribution in [2.24, 2.45) is 5.92 Å². The van der Waals surface area contributed by atoms with Gasteiger partial charge in [-0.05, 0) is 25.7 Å². The zero-order valence-electron chi connectivity index (χ0n) is 12.5. The molecule has 1 aliphatic rings. The van der Waals surface area contributed by atoms with E-state index < -0.39 is 0 Å². The van der Waals surface area contributed by atoms with Crippen molar-refractivity contribution in [1.29, 1.82) is 0 Å².